The van der Waals surface area contributed by atoms with Crippen LogP contribution in [0.2, 0.25) is 0 Å². The molecule has 1 aliphatic heterocycles. The predicted molar refractivity (Wildman–Crippen MR) is 59.3 cm³/mol. The SMILES string of the molecule is CC1CCC(C(C)C)C2(C=CC(=O)O2)C1. The second-order valence-corrected chi connectivity index (χ2v) is 5.45. The number of hydrogen-bond acceptors (Lipinski definition) is 2. The predicted octanol–water partition coefficient (Wildman–Crippen LogP) is 2.93. The molecule has 1 fully saturated rings. The third-order valence-corrected chi connectivity index (χ3v) is 3.86. The Morgan fingerprint density at radius 2 is 2.20 bits per heavy atom. The molecule has 0 amide bonds. The topological polar surface area (TPSA) is 26.3 Å². The van der Waals surface area contributed by atoms with Crippen molar-refractivity contribution in [2.24, 2.45) is 17.8 Å². The molecular weight excluding hydrogens is 188 g/mol. The van der Waals surface area contributed by atoms with E-state index >= 15 is 0 Å². The third-order valence-electron chi connectivity index (χ3n) is 3.86. The van der Waals surface area contributed by atoms with Gasteiger partial charge in [0.25, 0.3) is 0 Å². The minimum Gasteiger partial charge on any atom is -0.451 e. The average molecular weight is 208 g/mol. The minimum atomic E-state index is -0.275. The number of hydrogen-bond donors (Lipinski definition) is 0. The zero-order valence-electron chi connectivity index (χ0n) is 9.82. The minimum absolute atomic E-state index is 0.158. The largest absolute Gasteiger partial charge is 0.451 e. The highest BCUT2D eigenvalue weighted by molar-refractivity contribution is 5.85. The van der Waals surface area contributed by atoms with Crippen LogP contribution in [0.5, 0.6) is 0 Å². The number of ether oxygens (including phenoxy) is 1. The molecule has 1 spiro atoms. The van der Waals surface area contributed by atoms with Gasteiger partial charge in [-0.1, -0.05) is 27.2 Å². The van der Waals surface area contributed by atoms with E-state index in [0.717, 1.165) is 6.42 Å². The highest BCUT2D eigenvalue weighted by Gasteiger charge is 2.47. The summed E-state index contributed by atoms with van der Waals surface area (Å²) in [6.07, 6.45) is 7.05. The van der Waals surface area contributed by atoms with Crippen LogP contribution in [0.25, 0.3) is 0 Å². The van der Waals surface area contributed by atoms with Crippen molar-refractivity contribution in [1.29, 1.82) is 0 Å². The van der Waals surface area contributed by atoms with Crippen LogP contribution in [0.15, 0.2) is 12.2 Å². The molecule has 1 saturated carbocycles. The standard InChI is InChI=1S/C13H20O2/c1-9(2)11-5-4-10(3)8-13(11)7-6-12(14)15-13/h6-7,9-11H,4-5,8H2,1-3H3. The van der Waals surface area contributed by atoms with E-state index in [4.69, 9.17) is 4.74 Å². The molecule has 2 aliphatic rings. The lowest BCUT2D eigenvalue weighted by molar-refractivity contribution is -0.156. The number of esters is 1. The Bertz CT molecular complexity index is 293. The first-order chi connectivity index (χ1) is 7.03. The summed E-state index contributed by atoms with van der Waals surface area (Å²) in [6, 6.07) is 0. The first kappa shape index (κ1) is 10.7. The van der Waals surface area contributed by atoms with Crippen molar-refractivity contribution < 1.29 is 9.53 Å². The third kappa shape index (κ3) is 1.82. The van der Waals surface area contributed by atoms with E-state index < -0.39 is 0 Å². The second kappa shape index (κ2) is 3.66. The lowest BCUT2D eigenvalue weighted by Gasteiger charge is -2.43. The molecule has 3 unspecified atom stereocenters. The zero-order chi connectivity index (χ0) is 11.1. The first-order valence-electron chi connectivity index (χ1n) is 5.96. The number of carbonyl (C=O) groups excluding carboxylic acids is 1. The van der Waals surface area contributed by atoms with E-state index in [9.17, 15) is 4.79 Å². The van der Waals surface area contributed by atoms with Crippen LogP contribution in [0.4, 0.5) is 0 Å². The van der Waals surface area contributed by atoms with E-state index in [0.29, 0.717) is 17.8 Å². The van der Waals surface area contributed by atoms with Crippen molar-refractivity contribution in [3.05, 3.63) is 12.2 Å². The summed E-state index contributed by atoms with van der Waals surface area (Å²) in [6.45, 7) is 6.70. The zero-order valence-corrected chi connectivity index (χ0v) is 9.82. The Morgan fingerprint density at radius 3 is 2.73 bits per heavy atom. The summed E-state index contributed by atoms with van der Waals surface area (Å²) in [5.41, 5.74) is -0.275. The van der Waals surface area contributed by atoms with Gasteiger partial charge in [-0.25, -0.2) is 4.79 Å². The summed E-state index contributed by atoms with van der Waals surface area (Å²) in [5, 5.41) is 0. The summed E-state index contributed by atoms with van der Waals surface area (Å²) in [4.78, 5) is 11.3. The van der Waals surface area contributed by atoms with Crippen molar-refractivity contribution in [3.63, 3.8) is 0 Å². The molecule has 0 radical (unpaired) electrons. The van der Waals surface area contributed by atoms with E-state index in [1.807, 2.05) is 6.08 Å². The fraction of sp³-hybridized carbons (Fsp3) is 0.769. The van der Waals surface area contributed by atoms with Crippen molar-refractivity contribution in [3.8, 4) is 0 Å². The van der Waals surface area contributed by atoms with Crippen molar-refractivity contribution in [2.45, 2.75) is 45.6 Å². The number of carbonyl (C=O) groups is 1. The smallest absolute Gasteiger partial charge is 0.331 e. The van der Waals surface area contributed by atoms with Crippen LogP contribution in [0, 0.1) is 17.8 Å². The Kier molecular flexibility index (Phi) is 2.61. The molecular formula is C13H20O2. The fourth-order valence-corrected chi connectivity index (χ4v) is 3.18. The summed E-state index contributed by atoms with van der Waals surface area (Å²) in [5.74, 6) is 1.58. The van der Waals surface area contributed by atoms with Gasteiger partial charge in [-0.2, -0.15) is 0 Å². The van der Waals surface area contributed by atoms with Crippen LogP contribution in [-0.2, 0) is 9.53 Å². The molecule has 0 saturated heterocycles. The normalized spacial score (nSPS) is 40.1. The molecule has 84 valence electrons. The van der Waals surface area contributed by atoms with Gasteiger partial charge in [0.1, 0.15) is 5.60 Å². The molecule has 1 aliphatic carbocycles. The molecule has 2 nitrogen and oxygen atoms in total. The molecule has 2 rings (SSSR count). The van der Waals surface area contributed by atoms with E-state index in [1.165, 1.54) is 12.8 Å². The molecule has 2 heteroatoms. The van der Waals surface area contributed by atoms with Crippen molar-refractivity contribution in [1.82, 2.24) is 0 Å². The van der Waals surface area contributed by atoms with E-state index in [-0.39, 0.29) is 11.6 Å². The van der Waals surface area contributed by atoms with Crippen LogP contribution >= 0.6 is 0 Å². The second-order valence-electron chi connectivity index (χ2n) is 5.45. The molecule has 3 atom stereocenters. The molecule has 0 bridgehead atoms. The van der Waals surface area contributed by atoms with Gasteiger partial charge in [-0.3, -0.25) is 0 Å². The molecule has 0 aromatic rings. The monoisotopic (exact) mass is 208 g/mol. The van der Waals surface area contributed by atoms with Gasteiger partial charge < -0.3 is 4.74 Å². The van der Waals surface area contributed by atoms with Crippen LogP contribution in [0.1, 0.15) is 40.0 Å². The van der Waals surface area contributed by atoms with Crippen molar-refractivity contribution in [2.75, 3.05) is 0 Å². The Morgan fingerprint density at radius 1 is 1.47 bits per heavy atom. The van der Waals surface area contributed by atoms with Gasteiger partial charge in [0, 0.05) is 12.0 Å². The molecule has 15 heavy (non-hydrogen) atoms. The summed E-state index contributed by atoms with van der Waals surface area (Å²) >= 11 is 0. The summed E-state index contributed by atoms with van der Waals surface area (Å²) in [7, 11) is 0. The Hall–Kier alpha value is -0.790. The van der Waals surface area contributed by atoms with Gasteiger partial charge in [-0.05, 0) is 30.8 Å². The van der Waals surface area contributed by atoms with Gasteiger partial charge in [0.05, 0.1) is 0 Å². The maximum atomic E-state index is 11.3. The van der Waals surface area contributed by atoms with Crippen LogP contribution in [0.3, 0.4) is 0 Å². The first-order valence-corrected chi connectivity index (χ1v) is 5.96. The van der Waals surface area contributed by atoms with Gasteiger partial charge >= 0.3 is 5.97 Å². The number of rotatable bonds is 1. The lowest BCUT2D eigenvalue weighted by Crippen LogP contribution is -2.44. The van der Waals surface area contributed by atoms with Gasteiger partial charge in [0.2, 0.25) is 0 Å². The maximum absolute atomic E-state index is 11.3. The van der Waals surface area contributed by atoms with Crippen LogP contribution in [-0.4, -0.2) is 11.6 Å². The van der Waals surface area contributed by atoms with Crippen LogP contribution < -0.4 is 0 Å². The quantitative estimate of drug-likeness (QED) is 0.619. The highest BCUT2D eigenvalue weighted by Crippen LogP contribution is 2.46. The summed E-state index contributed by atoms with van der Waals surface area (Å²) < 4.78 is 5.58. The van der Waals surface area contributed by atoms with Gasteiger partial charge in [0.15, 0.2) is 0 Å². The van der Waals surface area contributed by atoms with Crippen molar-refractivity contribution >= 4 is 5.97 Å². The molecule has 1 heterocycles. The van der Waals surface area contributed by atoms with Gasteiger partial charge in [-0.15, -0.1) is 0 Å². The molecule has 0 N–H and O–H groups in total. The Labute approximate surface area is 91.7 Å². The van der Waals surface area contributed by atoms with E-state index in [2.05, 4.69) is 20.8 Å². The maximum Gasteiger partial charge on any atom is 0.331 e. The lowest BCUT2D eigenvalue weighted by atomic mass is 9.67. The molecule has 0 aromatic carbocycles. The fourth-order valence-electron chi connectivity index (χ4n) is 3.18. The average Bonchev–Trinajstić information content (AvgIpc) is 2.47. The molecule has 0 aromatic heterocycles. The Balaban J connectivity index is 2.24. The highest BCUT2D eigenvalue weighted by atomic mass is 16.6. The van der Waals surface area contributed by atoms with E-state index in [1.54, 1.807) is 6.08 Å².